The van der Waals surface area contributed by atoms with Crippen LogP contribution in [0.25, 0.3) is 0 Å². The predicted molar refractivity (Wildman–Crippen MR) is 66.9 cm³/mol. The molecule has 0 heterocycles. The molecule has 0 radical (unpaired) electrons. The summed E-state index contributed by atoms with van der Waals surface area (Å²) in [4.78, 5) is 2.45. The molecule has 1 fully saturated rings. The van der Waals surface area contributed by atoms with Crippen LogP contribution in [0.1, 0.15) is 46.5 Å². The average Bonchev–Trinajstić information content (AvgIpc) is 1.99. The molecule has 0 bridgehead atoms. The van der Waals surface area contributed by atoms with Gasteiger partial charge in [0.15, 0.2) is 0 Å². The average molecular weight is 212 g/mol. The van der Waals surface area contributed by atoms with Crippen molar-refractivity contribution in [2.24, 2.45) is 16.6 Å². The van der Waals surface area contributed by atoms with E-state index in [0.29, 0.717) is 10.8 Å². The molecule has 2 N–H and O–H groups in total. The predicted octanol–water partition coefficient (Wildman–Crippen LogP) is 2.48. The second-order valence-corrected chi connectivity index (χ2v) is 6.61. The molecule has 1 saturated carbocycles. The highest BCUT2D eigenvalue weighted by Crippen LogP contribution is 2.42. The lowest BCUT2D eigenvalue weighted by Gasteiger charge is -2.42. The fraction of sp³-hybridized carbons (Fsp3) is 1.00. The van der Waals surface area contributed by atoms with Crippen molar-refractivity contribution >= 4 is 0 Å². The van der Waals surface area contributed by atoms with Gasteiger partial charge in [-0.25, -0.2) is 0 Å². The maximum atomic E-state index is 5.86. The Morgan fingerprint density at radius 3 is 2.20 bits per heavy atom. The Hall–Kier alpha value is -0.0800. The molecule has 0 aliphatic heterocycles. The van der Waals surface area contributed by atoms with Gasteiger partial charge in [0.25, 0.3) is 0 Å². The Labute approximate surface area is 95.2 Å². The van der Waals surface area contributed by atoms with E-state index in [0.717, 1.165) is 6.54 Å². The van der Waals surface area contributed by atoms with Gasteiger partial charge in [0, 0.05) is 6.54 Å². The minimum absolute atomic E-state index is 0.407. The van der Waals surface area contributed by atoms with Gasteiger partial charge in [0.05, 0.1) is 0 Å². The summed E-state index contributed by atoms with van der Waals surface area (Å²) in [6.07, 6.45) is 5.38. The molecule has 1 aliphatic carbocycles. The molecule has 1 rings (SSSR count). The SMILES string of the molecule is CN(CCC1(CN)CCC1)CC(C)(C)C. The van der Waals surface area contributed by atoms with E-state index in [9.17, 15) is 0 Å². The molecule has 0 aromatic rings. The largest absolute Gasteiger partial charge is 0.330 e. The van der Waals surface area contributed by atoms with Crippen molar-refractivity contribution in [3.63, 3.8) is 0 Å². The highest BCUT2D eigenvalue weighted by molar-refractivity contribution is 4.89. The lowest BCUT2D eigenvalue weighted by atomic mass is 9.66. The summed E-state index contributed by atoms with van der Waals surface area (Å²) in [5.74, 6) is 0. The summed E-state index contributed by atoms with van der Waals surface area (Å²) in [6, 6.07) is 0. The zero-order valence-electron chi connectivity index (χ0n) is 11.0. The van der Waals surface area contributed by atoms with Crippen molar-refractivity contribution < 1.29 is 0 Å². The Morgan fingerprint density at radius 1 is 1.27 bits per heavy atom. The van der Waals surface area contributed by atoms with Crippen molar-refractivity contribution in [1.29, 1.82) is 0 Å². The quantitative estimate of drug-likeness (QED) is 0.758. The van der Waals surface area contributed by atoms with Gasteiger partial charge in [-0.3, -0.25) is 0 Å². The molecule has 2 heteroatoms. The fourth-order valence-corrected chi connectivity index (χ4v) is 2.55. The van der Waals surface area contributed by atoms with Crippen LogP contribution in [0.3, 0.4) is 0 Å². The second-order valence-electron chi connectivity index (χ2n) is 6.61. The zero-order valence-corrected chi connectivity index (χ0v) is 11.0. The molecule has 0 spiro atoms. The van der Waals surface area contributed by atoms with Gasteiger partial charge >= 0.3 is 0 Å². The van der Waals surface area contributed by atoms with Crippen LogP contribution >= 0.6 is 0 Å². The van der Waals surface area contributed by atoms with E-state index in [1.807, 2.05) is 0 Å². The van der Waals surface area contributed by atoms with Crippen LogP contribution in [0, 0.1) is 10.8 Å². The maximum Gasteiger partial charge on any atom is 0.00270 e. The van der Waals surface area contributed by atoms with E-state index in [1.165, 1.54) is 38.8 Å². The molecule has 0 saturated heterocycles. The Balaban J connectivity index is 2.24. The minimum atomic E-state index is 0.407. The number of nitrogens with zero attached hydrogens (tertiary/aromatic N) is 1. The Kier molecular flexibility index (Phi) is 4.19. The third-order valence-corrected chi connectivity index (χ3v) is 3.62. The lowest BCUT2D eigenvalue weighted by Crippen LogP contribution is -2.41. The number of nitrogens with two attached hydrogens (primary N) is 1. The summed E-state index contributed by atoms with van der Waals surface area (Å²) in [6.45, 7) is 10.2. The summed E-state index contributed by atoms with van der Waals surface area (Å²) in [5.41, 5.74) is 6.78. The Bertz CT molecular complexity index is 184. The van der Waals surface area contributed by atoms with Crippen molar-refractivity contribution in [2.75, 3.05) is 26.7 Å². The van der Waals surface area contributed by atoms with E-state index in [-0.39, 0.29) is 0 Å². The summed E-state index contributed by atoms with van der Waals surface area (Å²) in [7, 11) is 2.23. The van der Waals surface area contributed by atoms with Crippen molar-refractivity contribution in [2.45, 2.75) is 46.5 Å². The van der Waals surface area contributed by atoms with E-state index in [4.69, 9.17) is 5.73 Å². The van der Waals surface area contributed by atoms with E-state index < -0.39 is 0 Å². The molecule has 0 atom stereocenters. The third-order valence-electron chi connectivity index (χ3n) is 3.62. The molecule has 0 aromatic heterocycles. The molecular formula is C13H28N2. The lowest BCUT2D eigenvalue weighted by molar-refractivity contribution is 0.103. The van der Waals surface area contributed by atoms with Gasteiger partial charge in [0.1, 0.15) is 0 Å². The molecule has 15 heavy (non-hydrogen) atoms. The fourth-order valence-electron chi connectivity index (χ4n) is 2.55. The van der Waals surface area contributed by atoms with Crippen LogP contribution in [0.5, 0.6) is 0 Å². The maximum absolute atomic E-state index is 5.86. The molecule has 1 aliphatic rings. The smallest absolute Gasteiger partial charge is 0.00270 e. The molecule has 0 unspecified atom stereocenters. The van der Waals surface area contributed by atoms with Gasteiger partial charge < -0.3 is 10.6 Å². The van der Waals surface area contributed by atoms with Crippen LogP contribution in [-0.2, 0) is 0 Å². The van der Waals surface area contributed by atoms with Gasteiger partial charge in [-0.15, -0.1) is 0 Å². The first-order valence-electron chi connectivity index (χ1n) is 6.26. The monoisotopic (exact) mass is 212 g/mol. The third kappa shape index (κ3) is 4.12. The molecule has 0 aromatic carbocycles. The van der Waals surface area contributed by atoms with Crippen molar-refractivity contribution in [1.82, 2.24) is 4.90 Å². The topological polar surface area (TPSA) is 29.3 Å². The normalized spacial score (nSPS) is 20.4. The van der Waals surface area contributed by atoms with Crippen LogP contribution in [-0.4, -0.2) is 31.6 Å². The summed E-state index contributed by atoms with van der Waals surface area (Å²) < 4.78 is 0. The van der Waals surface area contributed by atoms with Crippen molar-refractivity contribution in [3.8, 4) is 0 Å². The second kappa shape index (κ2) is 4.84. The number of rotatable bonds is 5. The summed E-state index contributed by atoms with van der Waals surface area (Å²) in [5, 5.41) is 0. The first-order valence-corrected chi connectivity index (χ1v) is 6.26. The van der Waals surface area contributed by atoms with Crippen LogP contribution in [0.4, 0.5) is 0 Å². The van der Waals surface area contributed by atoms with E-state index in [2.05, 4.69) is 32.7 Å². The van der Waals surface area contributed by atoms with Gasteiger partial charge in [-0.2, -0.15) is 0 Å². The number of hydrogen-bond acceptors (Lipinski definition) is 2. The Morgan fingerprint density at radius 2 is 1.87 bits per heavy atom. The number of hydrogen-bond donors (Lipinski definition) is 1. The standard InChI is InChI=1S/C13H28N2/c1-12(2,3)11-15(4)9-8-13(10-14)6-5-7-13/h5-11,14H2,1-4H3. The zero-order chi connectivity index (χ0) is 11.5. The van der Waals surface area contributed by atoms with Gasteiger partial charge in [0.2, 0.25) is 0 Å². The highest BCUT2D eigenvalue weighted by Gasteiger charge is 2.35. The van der Waals surface area contributed by atoms with Crippen LogP contribution in [0.2, 0.25) is 0 Å². The minimum Gasteiger partial charge on any atom is -0.330 e. The van der Waals surface area contributed by atoms with Crippen LogP contribution < -0.4 is 5.73 Å². The highest BCUT2D eigenvalue weighted by atomic mass is 15.1. The molecule has 2 nitrogen and oxygen atoms in total. The van der Waals surface area contributed by atoms with E-state index >= 15 is 0 Å². The van der Waals surface area contributed by atoms with E-state index in [1.54, 1.807) is 0 Å². The van der Waals surface area contributed by atoms with Gasteiger partial charge in [-0.05, 0) is 50.2 Å². The molecule has 0 amide bonds. The molecular weight excluding hydrogens is 184 g/mol. The first-order chi connectivity index (χ1) is 6.87. The molecule has 90 valence electrons. The van der Waals surface area contributed by atoms with Crippen LogP contribution in [0.15, 0.2) is 0 Å². The summed E-state index contributed by atoms with van der Waals surface area (Å²) >= 11 is 0. The van der Waals surface area contributed by atoms with Crippen molar-refractivity contribution in [3.05, 3.63) is 0 Å². The first kappa shape index (κ1) is 13.0. The van der Waals surface area contributed by atoms with Gasteiger partial charge in [-0.1, -0.05) is 27.2 Å².